The van der Waals surface area contributed by atoms with Crippen molar-refractivity contribution in [2.75, 3.05) is 0 Å². The van der Waals surface area contributed by atoms with E-state index in [-0.39, 0.29) is 23.7 Å². The highest BCUT2D eigenvalue weighted by Crippen LogP contribution is 2.26. The van der Waals surface area contributed by atoms with Crippen LogP contribution in [0.4, 0.5) is 13.2 Å². The van der Waals surface area contributed by atoms with Crippen LogP contribution in [0.1, 0.15) is 37.4 Å². The quantitative estimate of drug-likeness (QED) is 0.908. The monoisotopic (exact) mass is 263 g/mol. The Morgan fingerprint density at radius 1 is 1.28 bits per heavy atom. The van der Waals surface area contributed by atoms with Crippen molar-refractivity contribution in [3.05, 3.63) is 11.7 Å². The van der Waals surface area contributed by atoms with E-state index in [1.807, 2.05) is 0 Å². The average Bonchev–Trinajstić information content (AvgIpc) is 2.66. The predicted octanol–water partition coefficient (Wildman–Crippen LogP) is 2.23. The summed E-state index contributed by atoms with van der Waals surface area (Å²) in [7, 11) is 0. The van der Waals surface area contributed by atoms with E-state index in [2.05, 4.69) is 10.1 Å². The number of alkyl halides is 3. The van der Waals surface area contributed by atoms with E-state index in [4.69, 9.17) is 10.3 Å². The molecule has 1 saturated carbocycles. The Morgan fingerprint density at radius 2 is 2.00 bits per heavy atom. The molecule has 1 aliphatic carbocycles. The molecule has 0 saturated heterocycles. The van der Waals surface area contributed by atoms with Crippen LogP contribution in [-0.2, 0) is 12.8 Å². The Hall–Kier alpha value is -1.11. The minimum atomic E-state index is -4.30. The van der Waals surface area contributed by atoms with Crippen LogP contribution in [0.25, 0.3) is 0 Å². The Balaban J connectivity index is 1.93. The average molecular weight is 263 g/mol. The van der Waals surface area contributed by atoms with Crippen LogP contribution in [0.15, 0.2) is 4.52 Å². The van der Waals surface area contributed by atoms with Gasteiger partial charge in [-0.3, -0.25) is 0 Å². The minimum absolute atomic E-state index is 0.0803. The highest BCUT2D eigenvalue weighted by Gasteiger charge is 2.31. The Morgan fingerprint density at radius 3 is 2.67 bits per heavy atom. The number of nitrogens with zero attached hydrogens (tertiary/aromatic N) is 2. The summed E-state index contributed by atoms with van der Waals surface area (Å²) in [4.78, 5) is 3.77. The van der Waals surface area contributed by atoms with Crippen molar-refractivity contribution in [1.29, 1.82) is 0 Å². The molecule has 18 heavy (non-hydrogen) atoms. The van der Waals surface area contributed by atoms with Crippen molar-refractivity contribution in [2.24, 2.45) is 11.7 Å². The number of aromatic nitrogens is 2. The lowest BCUT2D eigenvalue weighted by Crippen LogP contribution is -2.34. The molecule has 0 amide bonds. The lowest BCUT2D eigenvalue weighted by molar-refractivity contribution is -0.128. The summed E-state index contributed by atoms with van der Waals surface area (Å²) in [6, 6.07) is 0.0803. The Labute approximate surface area is 103 Å². The molecule has 0 bridgehead atoms. The van der Waals surface area contributed by atoms with Crippen LogP contribution < -0.4 is 5.73 Å². The summed E-state index contributed by atoms with van der Waals surface area (Å²) < 4.78 is 41.2. The van der Waals surface area contributed by atoms with E-state index in [9.17, 15) is 13.2 Å². The van der Waals surface area contributed by atoms with Crippen LogP contribution in [0, 0.1) is 5.92 Å². The molecule has 2 rings (SSSR count). The molecule has 1 aromatic heterocycles. The molecule has 102 valence electrons. The van der Waals surface area contributed by atoms with E-state index in [1.165, 1.54) is 0 Å². The zero-order valence-electron chi connectivity index (χ0n) is 9.91. The Bertz CT molecular complexity index is 391. The SMILES string of the molecule is NC1CCCCC1Cc1nc(CC(F)(F)F)no1. The number of rotatable bonds is 3. The van der Waals surface area contributed by atoms with Gasteiger partial charge in [-0.1, -0.05) is 18.0 Å². The molecule has 4 nitrogen and oxygen atoms in total. The van der Waals surface area contributed by atoms with E-state index in [1.54, 1.807) is 0 Å². The van der Waals surface area contributed by atoms with Gasteiger partial charge in [0.15, 0.2) is 5.82 Å². The number of hydrogen-bond donors (Lipinski definition) is 1. The van der Waals surface area contributed by atoms with Gasteiger partial charge in [-0.2, -0.15) is 18.2 Å². The first kappa shape index (κ1) is 13.3. The molecule has 2 N–H and O–H groups in total. The molecule has 0 aromatic carbocycles. The van der Waals surface area contributed by atoms with Crippen molar-refractivity contribution >= 4 is 0 Å². The fourth-order valence-corrected chi connectivity index (χ4v) is 2.34. The van der Waals surface area contributed by atoms with Crippen molar-refractivity contribution in [3.8, 4) is 0 Å². The molecule has 0 radical (unpaired) electrons. The number of halogens is 3. The molecule has 2 unspecified atom stereocenters. The van der Waals surface area contributed by atoms with E-state index in [0.717, 1.165) is 25.7 Å². The van der Waals surface area contributed by atoms with Gasteiger partial charge in [-0.15, -0.1) is 0 Å². The number of nitrogens with two attached hydrogens (primary N) is 1. The first-order chi connectivity index (χ1) is 8.44. The fraction of sp³-hybridized carbons (Fsp3) is 0.818. The zero-order valence-corrected chi connectivity index (χ0v) is 9.91. The molecular formula is C11H16F3N3O. The standard InChI is InChI=1S/C11H16F3N3O/c12-11(13,14)6-9-16-10(18-17-9)5-7-3-1-2-4-8(7)15/h7-8H,1-6,15H2. The van der Waals surface area contributed by atoms with Gasteiger partial charge in [0.1, 0.15) is 6.42 Å². The van der Waals surface area contributed by atoms with Gasteiger partial charge in [-0.25, -0.2) is 0 Å². The van der Waals surface area contributed by atoms with E-state index < -0.39 is 12.6 Å². The highest BCUT2D eigenvalue weighted by atomic mass is 19.4. The first-order valence-corrected chi connectivity index (χ1v) is 6.08. The first-order valence-electron chi connectivity index (χ1n) is 6.08. The van der Waals surface area contributed by atoms with Gasteiger partial charge in [0, 0.05) is 12.5 Å². The molecule has 1 fully saturated rings. The van der Waals surface area contributed by atoms with Gasteiger partial charge in [0.2, 0.25) is 5.89 Å². The van der Waals surface area contributed by atoms with Gasteiger partial charge < -0.3 is 10.3 Å². The molecule has 0 aliphatic heterocycles. The minimum Gasteiger partial charge on any atom is -0.339 e. The van der Waals surface area contributed by atoms with E-state index in [0.29, 0.717) is 6.42 Å². The molecule has 7 heteroatoms. The summed E-state index contributed by atoms with van der Waals surface area (Å²) in [5.41, 5.74) is 5.97. The molecule has 1 heterocycles. The van der Waals surface area contributed by atoms with Crippen molar-refractivity contribution in [1.82, 2.24) is 10.1 Å². The fourth-order valence-electron chi connectivity index (χ4n) is 2.34. The van der Waals surface area contributed by atoms with Gasteiger partial charge in [0.05, 0.1) is 0 Å². The topological polar surface area (TPSA) is 64.9 Å². The number of hydrogen-bond acceptors (Lipinski definition) is 4. The highest BCUT2D eigenvalue weighted by molar-refractivity contribution is 4.92. The van der Waals surface area contributed by atoms with Crippen LogP contribution in [0.2, 0.25) is 0 Å². The molecule has 1 aromatic rings. The normalized spacial score (nSPS) is 25.3. The van der Waals surface area contributed by atoms with Crippen LogP contribution >= 0.6 is 0 Å². The third kappa shape index (κ3) is 3.69. The summed E-state index contributed by atoms with van der Waals surface area (Å²) in [5, 5.41) is 3.35. The van der Waals surface area contributed by atoms with Crippen LogP contribution in [-0.4, -0.2) is 22.4 Å². The zero-order chi connectivity index (χ0) is 13.2. The third-order valence-electron chi connectivity index (χ3n) is 3.27. The smallest absolute Gasteiger partial charge is 0.339 e. The maximum atomic E-state index is 12.1. The van der Waals surface area contributed by atoms with Gasteiger partial charge in [0.25, 0.3) is 0 Å². The second-order valence-electron chi connectivity index (χ2n) is 4.81. The van der Waals surface area contributed by atoms with Gasteiger partial charge >= 0.3 is 6.18 Å². The maximum absolute atomic E-state index is 12.1. The third-order valence-corrected chi connectivity index (χ3v) is 3.27. The summed E-state index contributed by atoms with van der Waals surface area (Å²) in [6.07, 6.45) is -0.837. The molecular weight excluding hydrogens is 247 g/mol. The maximum Gasteiger partial charge on any atom is 0.396 e. The van der Waals surface area contributed by atoms with Crippen molar-refractivity contribution in [2.45, 2.75) is 50.7 Å². The molecule has 1 aliphatic rings. The molecule has 0 spiro atoms. The van der Waals surface area contributed by atoms with Crippen LogP contribution in [0.3, 0.4) is 0 Å². The second-order valence-corrected chi connectivity index (χ2v) is 4.81. The lowest BCUT2D eigenvalue weighted by atomic mass is 9.83. The van der Waals surface area contributed by atoms with Gasteiger partial charge in [-0.05, 0) is 18.8 Å². The predicted molar refractivity (Wildman–Crippen MR) is 57.7 cm³/mol. The van der Waals surface area contributed by atoms with Crippen molar-refractivity contribution < 1.29 is 17.7 Å². The summed E-state index contributed by atoms with van der Waals surface area (Å²) >= 11 is 0. The molecule has 2 atom stereocenters. The largest absolute Gasteiger partial charge is 0.396 e. The summed E-state index contributed by atoms with van der Waals surface area (Å²) in [6.45, 7) is 0. The van der Waals surface area contributed by atoms with Crippen molar-refractivity contribution in [3.63, 3.8) is 0 Å². The lowest BCUT2D eigenvalue weighted by Gasteiger charge is -2.27. The summed E-state index contributed by atoms with van der Waals surface area (Å²) in [5.74, 6) is 0.191. The van der Waals surface area contributed by atoms with Crippen LogP contribution in [0.5, 0.6) is 0 Å². The van der Waals surface area contributed by atoms with E-state index >= 15 is 0 Å². The second kappa shape index (κ2) is 5.26. The Kier molecular flexibility index (Phi) is 3.89.